The van der Waals surface area contributed by atoms with Crippen LogP contribution in [0.3, 0.4) is 0 Å². The van der Waals surface area contributed by atoms with Gasteiger partial charge in [-0.15, -0.1) is 0 Å². The molecule has 1 spiro atoms. The van der Waals surface area contributed by atoms with Crippen molar-refractivity contribution in [2.24, 2.45) is 5.73 Å². The fourth-order valence-corrected chi connectivity index (χ4v) is 4.76. The first-order chi connectivity index (χ1) is 14.0. The van der Waals surface area contributed by atoms with E-state index in [4.69, 9.17) is 21.8 Å². The number of piperidine rings is 1. The third-order valence-electron chi connectivity index (χ3n) is 5.97. The number of amides is 3. The Labute approximate surface area is 172 Å². The molecule has 0 radical (unpaired) electrons. The number of anilines is 1. The van der Waals surface area contributed by atoms with E-state index < -0.39 is 11.6 Å². The van der Waals surface area contributed by atoms with Crippen LogP contribution in [0.15, 0.2) is 46.9 Å². The van der Waals surface area contributed by atoms with Gasteiger partial charge >= 0.3 is 12.0 Å². The van der Waals surface area contributed by atoms with E-state index in [0.717, 1.165) is 11.1 Å². The topological polar surface area (TPSA) is 92.7 Å². The predicted molar refractivity (Wildman–Crippen MR) is 109 cm³/mol. The average Bonchev–Trinajstić information content (AvgIpc) is 3.10. The predicted octanol–water partition coefficient (Wildman–Crippen LogP) is 3.44. The van der Waals surface area contributed by atoms with E-state index in [9.17, 15) is 9.59 Å². The van der Waals surface area contributed by atoms with E-state index in [-0.39, 0.29) is 18.3 Å². The van der Waals surface area contributed by atoms with Crippen molar-refractivity contribution < 1.29 is 14.0 Å². The van der Waals surface area contributed by atoms with Gasteiger partial charge in [0.2, 0.25) is 5.91 Å². The van der Waals surface area contributed by atoms with Gasteiger partial charge in [-0.25, -0.2) is 4.79 Å². The molecule has 3 aromatic rings. The van der Waals surface area contributed by atoms with Crippen LogP contribution in [0.4, 0.5) is 10.8 Å². The molecule has 5 rings (SSSR count). The van der Waals surface area contributed by atoms with Crippen molar-refractivity contribution in [2.45, 2.75) is 24.8 Å². The van der Waals surface area contributed by atoms with Crippen molar-refractivity contribution >= 4 is 40.7 Å². The molecule has 1 aromatic heterocycles. The molecule has 3 amide bonds. The second-order valence-electron chi connectivity index (χ2n) is 7.53. The number of fused-ring (bicyclic) bond motifs is 3. The number of carbonyl (C=O) groups is 2. The summed E-state index contributed by atoms with van der Waals surface area (Å²) in [6.07, 6.45) is 1.38. The smallest absolute Gasteiger partial charge is 0.314 e. The molecule has 8 heteroatoms. The molecule has 0 bridgehead atoms. The minimum Gasteiger partial charge on any atom is -0.423 e. The SMILES string of the molecule is NC(=O)N1CCC2(CC1)c1ccccc1CC(=O)N2c1nc2cc(Cl)ccc2o1. The highest BCUT2D eigenvalue weighted by Crippen LogP contribution is 2.46. The van der Waals surface area contributed by atoms with E-state index in [0.29, 0.717) is 42.1 Å². The second-order valence-corrected chi connectivity index (χ2v) is 7.96. The van der Waals surface area contributed by atoms with Crippen LogP contribution in [-0.4, -0.2) is 34.9 Å². The molecule has 2 aliphatic rings. The number of likely N-dealkylation sites (tertiary alicyclic amines) is 1. The van der Waals surface area contributed by atoms with Crippen molar-refractivity contribution in [3.05, 3.63) is 58.6 Å². The third kappa shape index (κ3) is 2.76. The molecule has 148 valence electrons. The number of nitrogens with two attached hydrogens (primary N) is 1. The lowest BCUT2D eigenvalue weighted by molar-refractivity contribution is -0.120. The number of nitrogens with zero attached hydrogens (tertiary/aromatic N) is 3. The number of primary amides is 1. The largest absolute Gasteiger partial charge is 0.423 e. The van der Waals surface area contributed by atoms with Crippen molar-refractivity contribution in [3.63, 3.8) is 0 Å². The van der Waals surface area contributed by atoms with Gasteiger partial charge in [0.1, 0.15) is 5.52 Å². The van der Waals surface area contributed by atoms with Crippen molar-refractivity contribution in [1.29, 1.82) is 0 Å². The van der Waals surface area contributed by atoms with E-state index in [1.165, 1.54) is 0 Å². The summed E-state index contributed by atoms with van der Waals surface area (Å²) in [6, 6.07) is 13.0. The molecule has 0 aliphatic carbocycles. The Hall–Kier alpha value is -3.06. The van der Waals surface area contributed by atoms with Crippen LogP contribution < -0.4 is 10.6 Å². The number of halogens is 1. The molecule has 0 saturated carbocycles. The number of aromatic nitrogens is 1. The first-order valence-electron chi connectivity index (χ1n) is 9.50. The van der Waals surface area contributed by atoms with Crippen LogP contribution in [0.1, 0.15) is 24.0 Å². The lowest BCUT2D eigenvalue weighted by Crippen LogP contribution is -2.59. The second kappa shape index (κ2) is 6.49. The molecule has 29 heavy (non-hydrogen) atoms. The first-order valence-corrected chi connectivity index (χ1v) is 9.88. The Bertz CT molecular complexity index is 1130. The Kier molecular flexibility index (Phi) is 4.03. The van der Waals surface area contributed by atoms with Crippen LogP contribution >= 0.6 is 11.6 Å². The number of benzene rings is 2. The van der Waals surface area contributed by atoms with Crippen LogP contribution in [0.5, 0.6) is 0 Å². The Morgan fingerprint density at radius 2 is 1.93 bits per heavy atom. The van der Waals surface area contributed by atoms with Gasteiger partial charge in [-0.3, -0.25) is 9.69 Å². The summed E-state index contributed by atoms with van der Waals surface area (Å²) in [6.45, 7) is 0.916. The molecule has 2 aliphatic heterocycles. The Morgan fingerprint density at radius 1 is 1.17 bits per heavy atom. The zero-order valence-corrected chi connectivity index (χ0v) is 16.4. The molecular weight excluding hydrogens is 392 g/mol. The Balaban J connectivity index is 1.66. The molecular formula is C21H19ClN4O3. The van der Waals surface area contributed by atoms with Gasteiger partial charge in [-0.05, 0) is 42.2 Å². The minimum absolute atomic E-state index is 0.0751. The minimum atomic E-state index is -0.636. The van der Waals surface area contributed by atoms with Crippen molar-refractivity contribution in [3.8, 4) is 0 Å². The van der Waals surface area contributed by atoms with Crippen molar-refractivity contribution in [2.75, 3.05) is 18.0 Å². The summed E-state index contributed by atoms with van der Waals surface area (Å²) in [5.41, 5.74) is 8.09. The van der Waals surface area contributed by atoms with Crippen molar-refractivity contribution in [1.82, 2.24) is 9.88 Å². The number of carbonyl (C=O) groups excluding carboxylic acids is 2. The fraction of sp³-hybridized carbons (Fsp3) is 0.286. The Morgan fingerprint density at radius 3 is 2.69 bits per heavy atom. The van der Waals surface area contributed by atoms with Gasteiger partial charge < -0.3 is 15.1 Å². The standard InChI is InChI=1S/C21H19ClN4O3/c22-14-5-6-17-16(12-14)24-20(29-17)26-18(27)11-13-3-1-2-4-15(13)21(26)7-9-25(10-8-21)19(23)28/h1-6,12H,7-11H2,(H2,23,28). The van der Waals surface area contributed by atoms with Gasteiger partial charge in [0.05, 0.1) is 12.0 Å². The lowest BCUT2D eigenvalue weighted by atomic mass is 9.74. The van der Waals surface area contributed by atoms with E-state index in [1.54, 1.807) is 28.0 Å². The quantitative estimate of drug-likeness (QED) is 0.665. The highest BCUT2D eigenvalue weighted by Gasteiger charge is 2.50. The fourth-order valence-electron chi connectivity index (χ4n) is 4.59. The maximum atomic E-state index is 13.3. The van der Waals surface area contributed by atoms with E-state index >= 15 is 0 Å². The number of hydrogen-bond donors (Lipinski definition) is 1. The summed E-state index contributed by atoms with van der Waals surface area (Å²) >= 11 is 6.09. The zero-order chi connectivity index (χ0) is 20.2. The summed E-state index contributed by atoms with van der Waals surface area (Å²) in [5, 5.41) is 0.553. The van der Waals surface area contributed by atoms with Gasteiger partial charge in [-0.1, -0.05) is 35.9 Å². The summed E-state index contributed by atoms with van der Waals surface area (Å²) in [5.74, 6) is -0.0751. The highest BCUT2D eigenvalue weighted by atomic mass is 35.5. The van der Waals surface area contributed by atoms with E-state index in [1.807, 2.05) is 24.3 Å². The summed E-state index contributed by atoms with van der Waals surface area (Å²) < 4.78 is 5.98. The van der Waals surface area contributed by atoms with E-state index in [2.05, 4.69) is 4.98 Å². The monoisotopic (exact) mass is 410 g/mol. The van der Waals surface area contributed by atoms with Gasteiger partial charge in [0.15, 0.2) is 5.58 Å². The molecule has 2 N–H and O–H groups in total. The molecule has 0 atom stereocenters. The highest BCUT2D eigenvalue weighted by molar-refractivity contribution is 6.31. The molecule has 7 nitrogen and oxygen atoms in total. The summed E-state index contributed by atoms with van der Waals surface area (Å²) in [7, 11) is 0. The number of hydrogen-bond acceptors (Lipinski definition) is 4. The maximum absolute atomic E-state index is 13.3. The lowest BCUT2D eigenvalue weighted by Gasteiger charge is -2.50. The zero-order valence-electron chi connectivity index (χ0n) is 15.6. The van der Waals surface area contributed by atoms with Crippen LogP contribution in [0, 0.1) is 0 Å². The number of oxazole rings is 1. The normalized spacial score (nSPS) is 18.3. The molecule has 1 saturated heterocycles. The first kappa shape index (κ1) is 18.0. The molecule has 1 fully saturated rings. The average molecular weight is 411 g/mol. The number of urea groups is 1. The maximum Gasteiger partial charge on any atom is 0.314 e. The van der Waals surface area contributed by atoms with Crippen LogP contribution in [0.2, 0.25) is 5.02 Å². The van der Waals surface area contributed by atoms with Crippen LogP contribution in [0.25, 0.3) is 11.1 Å². The van der Waals surface area contributed by atoms with Gasteiger partial charge in [0.25, 0.3) is 0 Å². The van der Waals surface area contributed by atoms with Crippen LogP contribution in [-0.2, 0) is 16.8 Å². The molecule has 0 unspecified atom stereocenters. The van der Waals surface area contributed by atoms with Gasteiger partial charge in [-0.2, -0.15) is 4.98 Å². The third-order valence-corrected chi connectivity index (χ3v) is 6.20. The molecule has 3 heterocycles. The summed E-state index contributed by atoms with van der Waals surface area (Å²) in [4.78, 5) is 32.8. The number of rotatable bonds is 1. The van der Waals surface area contributed by atoms with Gasteiger partial charge in [0, 0.05) is 18.1 Å². The molecule has 2 aromatic carbocycles.